The molecule has 0 aliphatic rings. The minimum absolute atomic E-state index is 0.187. The maximum absolute atomic E-state index is 11.3. The fourth-order valence-electron chi connectivity index (χ4n) is 1.25. The van der Waals surface area contributed by atoms with E-state index in [1.54, 1.807) is 6.20 Å². The Morgan fingerprint density at radius 1 is 1.38 bits per heavy atom. The third-order valence-corrected chi connectivity index (χ3v) is 2.07. The average molecular weight is 225 g/mol. The molecule has 0 unspecified atom stereocenters. The predicted octanol–water partition coefficient (Wildman–Crippen LogP) is 0.784. The number of carboxylic acid groups (broad SMARTS) is 1. The van der Waals surface area contributed by atoms with Crippen molar-refractivity contribution in [2.75, 3.05) is 6.54 Å². The lowest BCUT2D eigenvalue weighted by Gasteiger charge is -2.02. The summed E-state index contributed by atoms with van der Waals surface area (Å²) in [5.41, 5.74) is 0. The second-order valence-electron chi connectivity index (χ2n) is 3.40. The SMILES string of the molecule is O=C(O)CCCCCNC(=O)c1ncc[nH]1. The lowest BCUT2D eigenvalue weighted by molar-refractivity contribution is -0.137. The number of carboxylic acids is 1. The van der Waals surface area contributed by atoms with Gasteiger partial charge in [-0.3, -0.25) is 9.59 Å². The molecule has 6 nitrogen and oxygen atoms in total. The Morgan fingerprint density at radius 3 is 2.81 bits per heavy atom. The number of H-pyrrole nitrogens is 1. The molecular weight excluding hydrogens is 210 g/mol. The van der Waals surface area contributed by atoms with Crippen LogP contribution in [0.5, 0.6) is 0 Å². The van der Waals surface area contributed by atoms with Crippen LogP contribution < -0.4 is 5.32 Å². The van der Waals surface area contributed by atoms with Crippen LogP contribution in [0, 0.1) is 0 Å². The van der Waals surface area contributed by atoms with Crippen LogP contribution in [0.2, 0.25) is 0 Å². The van der Waals surface area contributed by atoms with Crippen LogP contribution in [-0.4, -0.2) is 33.5 Å². The molecule has 16 heavy (non-hydrogen) atoms. The number of imidazole rings is 1. The van der Waals surface area contributed by atoms with Crippen molar-refractivity contribution < 1.29 is 14.7 Å². The van der Waals surface area contributed by atoms with E-state index in [-0.39, 0.29) is 12.3 Å². The van der Waals surface area contributed by atoms with Gasteiger partial charge in [-0.05, 0) is 12.8 Å². The highest BCUT2D eigenvalue weighted by Gasteiger charge is 2.05. The monoisotopic (exact) mass is 225 g/mol. The minimum atomic E-state index is -0.778. The highest BCUT2D eigenvalue weighted by atomic mass is 16.4. The molecule has 0 bridgehead atoms. The number of nitrogens with zero attached hydrogens (tertiary/aromatic N) is 1. The van der Waals surface area contributed by atoms with E-state index in [2.05, 4.69) is 15.3 Å². The molecule has 0 radical (unpaired) electrons. The number of unbranched alkanes of at least 4 members (excludes halogenated alkanes) is 2. The van der Waals surface area contributed by atoms with E-state index in [0.29, 0.717) is 18.8 Å². The van der Waals surface area contributed by atoms with Gasteiger partial charge in [0.1, 0.15) is 0 Å². The Hall–Kier alpha value is -1.85. The summed E-state index contributed by atoms with van der Waals surface area (Å²) in [7, 11) is 0. The van der Waals surface area contributed by atoms with Gasteiger partial charge in [0.25, 0.3) is 5.91 Å². The van der Waals surface area contributed by atoms with Gasteiger partial charge in [0.05, 0.1) is 0 Å². The molecule has 1 heterocycles. The van der Waals surface area contributed by atoms with E-state index in [4.69, 9.17) is 5.11 Å². The molecule has 1 rings (SSSR count). The summed E-state index contributed by atoms with van der Waals surface area (Å²) >= 11 is 0. The summed E-state index contributed by atoms with van der Waals surface area (Å²) in [5.74, 6) is -0.714. The molecule has 0 spiro atoms. The zero-order valence-corrected chi connectivity index (χ0v) is 8.90. The van der Waals surface area contributed by atoms with Crippen LogP contribution in [-0.2, 0) is 4.79 Å². The molecule has 88 valence electrons. The highest BCUT2D eigenvalue weighted by molar-refractivity contribution is 5.90. The number of carbonyl (C=O) groups excluding carboxylic acids is 1. The Labute approximate surface area is 93.1 Å². The fourth-order valence-corrected chi connectivity index (χ4v) is 1.25. The number of aliphatic carboxylic acids is 1. The number of aromatic amines is 1. The van der Waals surface area contributed by atoms with Crippen LogP contribution in [0.3, 0.4) is 0 Å². The van der Waals surface area contributed by atoms with E-state index in [1.165, 1.54) is 6.20 Å². The molecule has 0 fully saturated rings. The Morgan fingerprint density at radius 2 is 2.19 bits per heavy atom. The molecular formula is C10H15N3O3. The summed E-state index contributed by atoms with van der Waals surface area (Å²) in [6.45, 7) is 0.541. The number of aromatic nitrogens is 2. The second kappa shape index (κ2) is 6.60. The van der Waals surface area contributed by atoms with Crippen molar-refractivity contribution in [1.82, 2.24) is 15.3 Å². The summed E-state index contributed by atoms with van der Waals surface area (Å²) in [6, 6.07) is 0. The standard InChI is InChI=1S/C10H15N3O3/c14-8(15)4-2-1-3-5-13-10(16)9-11-6-7-12-9/h6-7H,1-5H2,(H,11,12)(H,13,16)(H,14,15). The molecule has 3 N–H and O–H groups in total. The van der Waals surface area contributed by atoms with Crippen molar-refractivity contribution in [3.63, 3.8) is 0 Å². The summed E-state index contributed by atoms with van der Waals surface area (Å²) < 4.78 is 0. The first-order valence-electron chi connectivity index (χ1n) is 5.19. The Kier molecular flexibility index (Phi) is 5.04. The van der Waals surface area contributed by atoms with Gasteiger partial charge in [-0.15, -0.1) is 0 Å². The maximum atomic E-state index is 11.3. The number of rotatable bonds is 7. The first-order chi connectivity index (χ1) is 7.70. The van der Waals surface area contributed by atoms with Crippen molar-refractivity contribution in [2.45, 2.75) is 25.7 Å². The molecule has 6 heteroatoms. The van der Waals surface area contributed by atoms with Gasteiger partial charge in [0.15, 0.2) is 5.82 Å². The largest absolute Gasteiger partial charge is 0.481 e. The van der Waals surface area contributed by atoms with Crippen LogP contribution in [0.4, 0.5) is 0 Å². The van der Waals surface area contributed by atoms with Gasteiger partial charge in [-0.25, -0.2) is 4.98 Å². The van der Waals surface area contributed by atoms with Gasteiger partial charge in [-0.1, -0.05) is 6.42 Å². The Bertz CT molecular complexity index is 335. The lowest BCUT2D eigenvalue weighted by atomic mass is 10.2. The van der Waals surface area contributed by atoms with Gasteiger partial charge in [0.2, 0.25) is 0 Å². The van der Waals surface area contributed by atoms with Crippen LogP contribution in [0.15, 0.2) is 12.4 Å². The molecule has 0 aliphatic carbocycles. The smallest absolute Gasteiger partial charge is 0.303 e. The fraction of sp³-hybridized carbons (Fsp3) is 0.500. The third-order valence-electron chi connectivity index (χ3n) is 2.07. The van der Waals surface area contributed by atoms with E-state index < -0.39 is 5.97 Å². The maximum Gasteiger partial charge on any atom is 0.303 e. The van der Waals surface area contributed by atoms with Crippen LogP contribution in [0.1, 0.15) is 36.3 Å². The van der Waals surface area contributed by atoms with Crippen molar-refractivity contribution in [1.29, 1.82) is 0 Å². The number of nitrogens with one attached hydrogen (secondary N) is 2. The molecule has 1 aromatic rings. The summed E-state index contributed by atoms with van der Waals surface area (Å²) in [4.78, 5) is 28.1. The normalized spacial score (nSPS) is 10.0. The molecule has 0 saturated heterocycles. The quantitative estimate of drug-likeness (QED) is 0.598. The highest BCUT2D eigenvalue weighted by Crippen LogP contribution is 1.98. The van der Waals surface area contributed by atoms with Crippen molar-refractivity contribution >= 4 is 11.9 Å². The number of hydrogen-bond donors (Lipinski definition) is 3. The zero-order chi connectivity index (χ0) is 11.8. The molecule has 0 saturated carbocycles. The van der Waals surface area contributed by atoms with E-state index in [9.17, 15) is 9.59 Å². The van der Waals surface area contributed by atoms with Crippen LogP contribution >= 0.6 is 0 Å². The van der Waals surface area contributed by atoms with Crippen molar-refractivity contribution in [3.05, 3.63) is 18.2 Å². The van der Waals surface area contributed by atoms with E-state index in [0.717, 1.165) is 12.8 Å². The number of hydrogen-bond acceptors (Lipinski definition) is 3. The molecule has 1 amide bonds. The van der Waals surface area contributed by atoms with Gasteiger partial charge >= 0.3 is 5.97 Å². The second-order valence-corrected chi connectivity index (χ2v) is 3.40. The van der Waals surface area contributed by atoms with Gasteiger partial charge in [-0.2, -0.15) is 0 Å². The average Bonchev–Trinajstić information content (AvgIpc) is 2.75. The lowest BCUT2D eigenvalue weighted by Crippen LogP contribution is -2.25. The van der Waals surface area contributed by atoms with Crippen molar-refractivity contribution in [3.8, 4) is 0 Å². The van der Waals surface area contributed by atoms with E-state index >= 15 is 0 Å². The number of carbonyl (C=O) groups is 2. The third kappa shape index (κ3) is 4.59. The van der Waals surface area contributed by atoms with Gasteiger partial charge < -0.3 is 15.4 Å². The molecule has 0 aromatic carbocycles. The van der Waals surface area contributed by atoms with E-state index in [1.807, 2.05) is 0 Å². The Balaban J connectivity index is 2.03. The molecule has 1 aromatic heterocycles. The minimum Gasteiger partial charge on any atom is -0.481 e. The molecule has 0 atom stereocenters. The zero-order valence-electron chi connectivity index (χ0n) is 8.90. The predicted molar refractivity (Wildman–Crippen MR) is 57.0 cm³/mol. The topological polar surface area (TPSA) is 95.1 Å². The first kappa shape index (κ1) is 12.2. The summed E-state index contributed by atoms with van der Waals surface area (Å²) in [6.07, 6.45) is 5.51. The summed E-state index contributed by atoms with van der Waals surface area (Å²) in [5, 5.41) is 11.1. The van der Waals surface area contributed by atoms with Crippen LogP contribution in [0.25, 0.3) is 0 Å². The molecule has 0 aliphatic heterocycles. The first-order valence-corrected chi connectivity index (χ1v) is 5.19. The van der Waals surface area contributed by atoms with Crippen molar-refractivity contribution in [2.24, 2.45) is 0 Å². The van der Waals surface area contributed by atoms with Gasteiger partial charge in [0, 0.05) is 25.4 Å². The number of amides is 1.